The lowest BCUT2D eigenvalue weighted by Crippen LogP contribution is -2.16. The Hall–Kier alpha value is -5.90. The molecule has 0 radical (unpaired) electrons. The number of amides is 3. The Bertz CT molecular complexity index is 1720. The molecule has 0 saturated carbocycles. The van der Waals surface area contributed by atoms with Crippen molar-refractivity contribution >= 4 is 52.1 Å². The summed E-state index contributed by atoms with van der Waals surface area (Å²) < 4.78 is 14.7. The van der Waals surface area contributed by atoms with E-state index in [-0.39, 0.29) is 33.5 Å². The molecule has 0 spiro atoms. The Morgan fingerprint density at radius 1 is 0.900 bits per heavy atom. The maximum absolute atomic E-state index is 13.2. The van der Waals surface area contributed by atoms with E-state index in [1.807, 2.05) is 6.07 Å². The van der Waals surface area contributed by atoms with Crippen LogP contribution in [0.25, 0.3) is 22.1 Å². The van der Waals surface area contributed by atoms with Crippen molar-refractivity contribution in [3.63, 3.8) is 0 Å². The molecule has 13 nitrogen and oxygen atoms in total. The molecule has 1 aromatic heterocycles. The van der Waals surface area contributed by atoms with Gasteiger partial charge in [0.15, 0.2) is 11.3 Å². The average Bonchev–Trinajstić information content (AvgIpc) is 3.35. The normalized spacial score (nSPS) is 10.3. The Labute approximate surface area is 226 Å². The third kappa shape index (κ3) is 5.50. The van der Waals surface area contributed by atoms with Crippen LogP contribution in [0.1, 0.15) is 32.0 Å². The molecule has 3 aromatic carbocycles. The van der Waals surface area contributed by atoms with Crippen LogP contribution in [0.2, 0.25) is 0 Å². The summed E-state index contributed by atoms with van der Waals surface area (Å²) in [5.41, 5.74) is 2.37. The molecule has 0 aliphatic rings. The largest absolute Gasteiger partial charge is 0.478 e. The molecule has 0 unspecified atom stereocenters. The number of rotatable bonds is 6. The number of nitrogens with one attached hydrogen (secondary N) is 3. The van der Waals surface area contributed by atoms with Crippen LogP contribution in [0.4, 0.5) is 26.7 Å². The van der Waals surface area contributed by atoms with Crippen molar-refractivity contribution in [2.24, 2.45) is 0 Å². The molecule has 40 heavy (non-hydrogen) atoms. The summed E-state index contributed by atoms with van der Waals surface area (Å²) in [6, 6.07) is 13.7. The van der Waals surface area contributed by atoms with Crippen molar-refractivity contribution in [3.8, 4) is 17.2 Å². The minimum Gasteiger partial charge on any atom is -0.478 e. The van der Waals surface area contributed by atoms with Crippen LogP contribution >= 0.6 is 0 Å². The lowest BCUT2D eigenvalue weighted by molar-refractivity contribution is 0.0698. The summed E-state index contributed by atoms with van der Waals surface area (Å²) in [6.07, 6.45) is -1.39. The summed E-state index contributed by atoms with van der Waals surface area (Å²) in [7, 11) is 2.45. The summed E-state index contributed by atoms with van der Waals surface area (Å²) in [6.45, 7) is 1.78. The molecule has 4 rings (SSSR count). The van der Waals surface area contributed by atoms with Crippen molar-refractivity contribution < 1.29 is 38.3 Å². The fourth-order valence-electron chi connectivity index (χ4n) is 3.93. The Balaban J connectivity index is 1.79. The molecule has 1 heterocycles. The zero-order valence-electron chi connectivity index (χ0n) is 21.3. The van der Waals surface area contributed by atoms with Gasteiger partial charge in [-0.2, -0.15) is 5.26 Å². The van der Waals surface area contributed by atoms with E-state index >= 15 is 0 Å². The molecule has 0 fully saturated rings. The van der Waals surface area contributed by atoms with Crippen LogP contribution in [0.3, 0.4) is 0 Å². The summed E-state index contributed by atoms with van der Waals surface area (Å²) in [5.74, 6) is -2.10. The molecule has 0 bridgehead atoms. The fraction of sp³-hybridized carbons (Fsp3) is 0.111. The summed E-state index contributed by atoms with van der Waals surface area (Å²) in [5, 5.41) is 30.4. The Morgan fingerprint density at radius 2 is 1.62 bits per heavy atom. The summed E-state index contributed by atoms with van der Waals surface area (Å²) >= 11 is 0. The molecular weight excluding hydrogens is 522 g/mol. The lowest BCUT2D eigenvalue weighted by Gasteiger charge is -2.14. The standard InChI is InChI=1S/C27H21N5O8/c1-13-8-15(29-26(36)38-2)5-6-16(13)17-10-19-22(11-21(17)31-27(37)39-3)40-32-23(19)24(33)30-20-7-4-14(12-28)9-18(20)25(34)35/h4-11H,1-3H3,(H,29,36)(H,30,33)(H,31,37)(H,34,35). The number of carboxylic acid groups (broad SMARTS) is 1. The number of hydrogen-bond acceptors (Lipinski definition) is 9. The first-order valence-corrected chi connectivity index (χ1v) is 11.5. The number of aromatic nitrogens is 1. The highest BCUT2D eigenvalue weighted by Gasteiger charge is 2.23. The second-order valence-electron chi connectivity index (χ2n) is 8.32. The van der Waals surface area contributed by atoms with Crippen LogP contribution in [-0.4, -0.2) is 48.5 Å². The van der Waals surface area contributed by atoms with Gasteiger partial charge in [-0.15, -0.1) is 0 Å². The van der Waals surface area contributed by atoms with Gasteiger partial charge in [-0.3, -0.25) is 15.4 Å². The number of aryl methyl sites for hydroxylation is 1. The number of ether oxygens (including phenoxy) is 2. The number of benzene rings is 3. The number of fused-ring (bicyclic) bond motifs is 1. The van der Waals surface area contributed by atoms with E-state index in [2.05, 4.69) is 25.8 Å². The molecule has 3 amide bonds. The van der Waals surface area contributed by atoms with E-state index in [0.29, 0.717) is 28.1 Å². The maximum atomic E-state index is 13.2. The van der Waals surface area contributed by atoms with Crippen molar-refractivity contribution in [3.05, 3.63) is 70.9 Å². The predicted octanol–water partition coefficient (Wildman–Crippen LogP) is 4.98. The van der Waals surface area contributed by atoms with Crippen LogP contribution in [0.15, 0.2) is 53.1 Å². The first-order chi connectivity index (χ1) is 19.1. The number of aromatic carboxylic acids is 1. The molecule has 0 aliphatic heterocycles. The maximum Gasteiger partial charge on any atom is 0.411 e. The number of hydrogen-bond donors (Lipinski definition) is 4. The first kappa shape index (κ1) is 27.1. The van der Waals surface area contributed by atoms with Crippen LogP contribution < -0.4 is 16.0 Å². The number of nitrogens with zero attached hydrogens (tertiary/aromatic N) is 2. The Kier molecular flexibility index (Phi) is 7.62. The third-order valence-electron chi connectivity index (χ3n) is 5.82. The van der Waals surface area contributed by atoms with E-state index < -0.39 is 24.1 Å². The average molecular weight is 543 g/mol. The van der Waals surface area contributed by atoms with Crippen LogP contribution in [0, 0.1) is 18.3 Å². The quantitative estimate of drug-likeness (QED) is 0.258. The van der Waals surface area contributed by atoms with Gasteiger partial charge in [-0.1, -0.05) is 11.2 Å². The van der Waals surface area contributed by atoms with Gasteiger partial charge < -0.3 is 24.4 Å². The molecule has 4 N–H and O–H groups in total. The number of carbonyl (C=O) groups excluding carboxylic acids is 3. The van der Waals surface area contributed by atoms with E-state index in [9.17, 15) is 24.3 Å². The van der Waals surface area contributed by atoms with Gasteiger partial charge in [0.05, 0.1) is 48.2 Å². The third-order valence-corrected chi connectivity index (χ3v) is 5.82. The number of nitriles is 1. The van der Waals surface area contributed by atoms with E-state index in [1.165, 1.54) is 32.4 Å². The topological polar surface area (TPSA) is 193 Å². The van der Waals surface area contributed by atoms with Gasteiger partial charge in [0.25, 0.3) is 5.91 Å². The minimum atomic E-state index is -1.33. The highest BCUT2D eigenvalue weighted by molar-refractivity contribution is 6.14. The zero-order valence-corrected chi connectivity index (χ0v) is 21.3. The molecule has 13 heteroatoms. The second kappa shape index (κ2) is 11.2. The van der Waals surface area contributed by atoms with Crippen molar-refractivity contribution in [2.45, 2.75) is 6.92 Å². The number of carbonyl (C=O) groups is 4. The summed E-state index contributed by atoms with van der Waals surface area (Å²) in [4.78, 5) is 48.5. The SMILES string of the molecule is COC(=O)Nc1ccc(-c2cc3c(C(=O)Nc4ccc(C#N)cc4C(=O)O)noc3cc2NC(=O)OC)c(C)c1. The van der Waals surface area contributed by atoms with E-state index in [4.69, 9.17) is 14.5 Å². The van der Waals surface area contributed by atoms with Crippen molar-refractivity contribution in [1.82, 2.24) is 5.16 Å². The monoisotopic (exact) mass is 543 g/mol. The minimum absolute atomic E-state index is 0.0404. The van der Waals surface area contributed by atoms with Crippen molar-refractivity contribution in [2.75, 3.05) is 30.2 Å². The molecule has 0 aliphatic carbocycles. The van der Waals surface area contributed by atoms with Crippen LogP contribution in [0.5, 0.6) is 0 Å². The number of methoxy groups -OCH3 is 2. The number of carboxylic acids is 1. The molecule has 0 saturated heterocycles. The zero-order chi connectivity index (χ0) is 29.0. The van der Waals surface area contributed by atoms with Gasteiger partial charge >= 0.3 is 18.2 Å². The van der Waals surface area contributed by atoms with Gasteiger partial charge in [-0.25, -0.2) is 14.4 Å². The molecule has 0 atom stereocenters. The molecule has 4 aromatic rings. The fourth-order valence-corrected chi connectivity index (χ4v) is 3.93. The Morgan fingerprint density at radius 3 is 2.27 bits per heavy atom. The van der Waals surface area contributed by atoms with Crippen molar-refractivity contribution in [1.29, 1.82) is 5.26 Å². The first-order valence-electron chi connectivity index (χ1n) is 11.5. The highest BCUT2D eigenvalue weighted by atomic mass is 16.5. The smallest absolute Gasteiger partial charge is 0.411 e. The van der Waals surface area contributed by atoms with Gasteiger partial charge in [-0.05, 0) is 54.4 Å². The van der Waals surface area contributed by atoms with E-state index in [0.717, 1.165) is 6.07 Å². The molecule has 202 valence electrons. The van der Waals surface area contributed by atoms with Gasteiger partial charge in [0.2, 0.25) is 0 Å². The van der Waals surface area contributed by atoms with Gasteiger partial charge in [0.1, 0.15) is 0 Å². The highest BCUT2D eigenvalue weighted by Crippen LogP contribution is 2.37. The van der Waals surface area contributed by atoms with Gasteiger partial charge in [0, 0.05) is 17.3 Å². The predicted molar refractivity (Wildman–Crippen MR) is 142 cm³/mol. The number of anilines is 3. The van der Waals surface area contributed by atoms with Crippen LogP contribution in [-0.2, 0) is 9.47 Å². The molecular formula is C27H21N5O8. The lowest BCUT2D eigenvalue weighted by atomic mass is 9.96. The second-order valence-corrected chi connectivity index (χ2v) is 8.32. The van der Waals surface area contributed by atoms with E-state index in [1.54, 1.807) is 31.2 Å².